The molecular weight excluding hydrogens is 224 g/mol. The maximum Gasteiger partial charge on any atom is 0.222 e. The summed E-state index contributed by atoms with van der Waals surface area (Å²) in [4.78, 5) is 14.1. The Balaban J connectivity index is 2.31. The van der Waals surface area contributed by atoms with E-state index in [0.717, 1.165) is 45.3 Å². The molecule has 1 aliphatic heterocycles. The number of rotatable bonds is 4. The first-order valence-corrected chi connectivity index (χ1v) is 7.22. The fourth-order valence-electron chi connectivity index (χ4n) is 2.26. The largest absolute Gasteiger partial charge is 0.343 e. The minimum absolute atomic E-state index is 0.171. The first kappa shape index (κ1) is 15.5. The van der Waals surface area contributed by atoms with Crippen LogP contribution >= 0.6 is 0 Å². The van der Waals surface area contributed by atoms with E-state index < -0.39 is 0 Å². The van der Waals surface area contributed by atoms with E-state index in [1.54, 1.807) is 0 Å². The fourth-order valence-corrected chi connectivity index (χ4v) is 2.26. The van der Waals surface area contributed by atoms with E-state index in [-0.39, 0.29) is 5.54 Å². The molecule has 1 amide bonds. The maximum absolute atomic E-state index is 12.0. The molecule has 1 fully saturated rings. The third-order valence-electron chi connectivity index (χ3n) is 3.69. The molecule has 1 saturated heterocycles. The monoisotopic (exact) mass is 254 g/mol. The average molecular weight is 254 g/mol. The number of likely N-dealkylation sites (tertiary alicyclic amines) is 1. The molecule has 1 N–H and O–H groups in total. The molecule has 0 unspecified atom stereocenters. The van der Waals surface area contributed by atoms with Crippen LogP contribution in [0.25, 0.3) is 0 Å². The van der Waals surface area contributed by atoms with Crippen molar-refractivity contribution in [2.24, 2.45) is 5.41 Å². The van der Waals surface area contributed by atoms with Crippen molar-refractivity contribution in [3.8, 4) is 0 Å². The predicted molar refractivity (Wildman–Crippen MR) is 76.6 cm³/mol. The van der Waals surface area contributed by atoms with Gasteiger partial charge in [0, 0.05) is 25.0 Å². The molecule has 1 rings (SSSR count). The minimum Gasteiger partial charge on any atom is -0.343 e. The Bertz CT molecular complexity index is 279. The summed E-state index contributed by atoms with van der Waals surface area (Å²) in [5.74, 6) is 0.344. The molecule has 0 radical (unpaired) electrons. The van der Waals surface area contributed by atoms with Crippen molar-refractivity contribution in [3.05, 3.63) is 0 Å². The number of amides is 1. The van der Waals surface area contributed by atoms with E-state index in [4.69, 9.17) is 0 Å². The van der Waals surface area contributed by atoms with Gasteiger partial charge in [0.25, 0.3) is 0 Å². The average Bonchev–Trinajstić information content (AvgIpc) is 2.34. The maximum atomic E-state index is 12.0. The van der Waals surface area contributed by atoms with Crippen LogP contribution in [0.15, 0.2) is 0 Å². The first-order chi connectivity index (χ1) is 8.20. The first-order valence-electron chi connectivity index (χ1n) is 7.22. The van der Waals surface area contributed by atoms with Gasteiger partial charge in [-0.15, -0.1) is 0 Å². The molecule has 106 valence electrons. The van der Waals surface area contributed by atoms with Gasteiger partial charge in [0.1, 0.15) is 0 Å². The second-order valence-electron chi connectivity index (χ2n) is 7.33. The predicted octanol–water partition coefficient (Wildman–Crippen LogP) is 2.80. The lowest BCUT2D eigenvalue weighted by Gasteiger charge is -2.25. The topological polar surface area (TPSA) is 32.3 Å². The summed E-state index contributed by atoms with van der Waals surface area (Å²) < 4.78 is 0. The van der Waals surface area contributed by atoms with Crippen LogP contribution in [-0.2, 0) is 4.79 Å². The Morgan fingerprint density at radius 3 is 2.56 bits per heavy atom. The SMILES string of the molecule is CC1(C)CCC(=O)N(CCCNC(C)(C)C)CC1. The van der Waals surface area contributed by atoms with Crippen molar-refractivity contribution in [1.82, 2.24) is 10.2 Å². The van der Waals surface area contributed by atoms with Gasteiger partial charge in [-0.05, 0) is 52.0 Å². The zero-order chi connectivity index (χ0) is 13.8. The van der Waals surface area contributed by atoms with Crippen LogP contribution in [0, 0.1) is 5.41 Å². The van der Waals surface area contributed by atoms with E-state index in [1.165, 1.54) is 0 Å². The van der Waals surface area contributed by atoms with Crippen molar-refractivity contribution in [2.75, 3.05) is 19.6 Å². The molecule has 1 aliphatic rings. The van der Waals surface area contributed by atoms with Gasteiger partial charge in [0.2, 0.25) is 5.91 Å². The highest BCUT2D eigenvalue weighted by atomic mass is 16.2. The molecule has 0 atom stereocenters. The van der Waals surface area contributed by atoms with Crippen molar-refractivity contribution in [3.63, 3.8) is 0 Å². The number of hydrogen-bond donors (Lipinski definition) is 1. The quantitative estimate of drug-likeness (QED) is 0.782. The number of hydrogen-bond acceptors (Lipinski definition) is 2. The fraction of sp³-hybridized carbons (Fsp3) is 0.933. The number of nitrogens with zero attached hydrogens (tertiary/aromatic N) is 1. The van der Waals surface area contributed by atoms with Gasteiger partial charge < -0.3 is 10.2 Å². The molecule has 0 spiro atoms. The van der Waals surface area contributed by atoms with Crippen molar-refractivity contribution < 1.29 is 4.79 Å². The summed E-state index contributed by atoms with van der Waals surface area (Å²) in [5.41, 5.74) is 0.499. The Kier molecular flexibility index (Phi) is 5.20. The van der Waals surface area contributed by atoms with E-state index >= 15 is 0 Å². The molecule has 3 nitrogen and oxygen atoms in total. The van der Waals surface area contributed by atoms with Crippen LogP contribution in [0.2, 0.25) is 0 Å². The zero-order valence-corrected chi connectivity index (χ0v) is 12.8. The zero-order valence-electron chi connectivity index (χ0n) is 12.8. The molecule has 0 saturated carbocycles. The van der Waals surface area contributed by atoms with Crippen molar-refractivity contribution in [1.29, 1.82) is 0 Å². The summed E-state index contributed by atoms with van der Waals surface area (Å²) in [6, 6.07) is 0. The van der Waals surface area contributed by atoms with Crippen molar-refractivity contribution in [2.45, 2.75) is 65.8 Å². The lowest BCUT2D eigenvalue weighted by Crippen LogP contribution is -2.39. The van der Waals surface area contributed by atoms with Gasteiger partial charge in [0.05, 0.1) is 0 Å². The van der Waals surface area contributed by atoms with Crippen LogP contribution in [0.3, 0.4) is 0 Å². The van der Waals surface area contributed by atoms with Gasteiger partial charge in [0.15, 0.2) is 0 Å². The highest BCUT2D eigenvalue weighted by Crippen LogP contribution is 2.30. The normalized spacial score (nSPS) is 20.9. The Hall–Kier alpha value is -0.570. The molecule has 18 heavy (non-hydrogen) atoms. The Labute approximate surface area is 112 Å². The minimum atomic E-state index is 0.171. The summed E-state index contributed by atoms with van der Waals surface area (Å²) in [6.07, 6.45) is 3.93. The smallest absolute Gasteiger partial charge is 0.222 e. The van der Waals surface area contributed by atoms with Gasteiger partial charge in [-0.1, -0.05) is 13.8 Å². The second kappa shape index (κ2) is 6.05. The molecule has 0 aromatic heterocycles. The van der Waals surface area contributed by atoms with Crippen LogP contribution in [0.4, 0.5) is 0 Å². The van der Waals surface area contributed by atoms with Crippen LogP contribution in [0.5, 0.6) is 0 Å². The third-order valence-corrected chi connectivity index (χ3v) is 3.69. The molecule has 0 bridgehead atoms. The van der Waals surface area contributed by atoms with Gasteiger partial charge in [-0.3, -0.25) is 4.79 Å². The van der Waals surface area contributed by atoms with E-state index in [1.807, 2.05) is 0 Å². The second-order valence-corrected chi connectivity index (χ2v) is 7.33. The van der Waals surface area contributed by atoms with Crippen molar-refractivity contribution >= 4 is 5.91 Å². The highest BCUT2D eigenvalue weighted by Gasteiger charge is 2.26. The van der Waals surface area contributed by atoms with Crippen LogP contribution in [-0.4, -0.2) is 36.0 Å². The number of nitrogens with one attached hydrogen (secondary N) is 1. The standard InChI is InChI=1S/C15H30N2O/c1-14(2,3)16-10-6-11-17-12-9-15(4,5)8-7-13(17)18/h16H,6-12H2,1-5H3. The van der Waals surface area contributed by atoms with Gasteiger partial charge in [-0.25, -0.2) is 0 Å². The lowest BCUT2D eigenvalue weighted by molar-refractivity contribution is -0.130. The number of carbonyl (C=O) groups is 1. The van der Waals surface area contributed by atoms with E-state index in [9.17, 15) is 4.79 Å². The molecular formula is C15H30N2O. The highest BCUT2D eigenvalue weighted by molar-refractivity contribution is 5.76. The van der Waals surface area contributed by atoms with Gasteiger partial charge >= 0.3 is 0 Å². The Morgan fingerprint density at radius 2 is 1.94 bits per heavy atom. The molecule has 3 heteroatoms. The van der Waals surface area contributed by atoms with E-state index in [0.29, 0.717) is 11.3 Å². The third kappa shape index (κ3) is 5.85. The molecule has 0 aromatic rings. The molecule has 0 aliphatic carbocycles. The van der Waals surface area contributed by atoms with E-state index in [2.05, 4.69) is 44.8 Å². The number of carbonyl (C=O) groups excluding carboxylic acids is 1. The molecule has 1 heterocycles. The Morgan fingerprint density at radius 1 is 1.28 bits per heavy atom. The van der Waals surface area contributed by atoms with Gasteiger partial charge in [-0.2, -0.15) is 0 Å². The van der Waals surface area contributed by atoms with Crippen LogP contribution in [0.1, 0.15) is 60.3 Å². The summed E-state index contributed by atoms with van der Waals surface area (Å²) in [6.45, 7) is 13.9. The molecule has 0 aromatic carbocycles. The lowest BCUT2D eigenvalue weighted by atomic mass is 9.85. The van der Waals surface area contributed by atoms with Crippen LogP contribution < -0.4 is 5.32 Å². The summed E-state index contributed by atoms with van der Waals surface area (Å²) in [5, 5.41) is 3.47. The summed E-state index contributed by atoms with van der Waals surface area (Å²) in [7, 11) is 0. The summed E-state index contributed by atoms with van der Waals surface area (Å²) >= 11 is 0.